The minimum absolute atomic E-state index is 0.0184. The molecule has 18 heavy (non-hydrogen) atoms. The van der Waals surface area contributed by atoms with Crippen molar-refractivity contribution in [1.82, 2.24) is 5.32 Å². The highest BCUT2D eigenvalue weighted by molar-refractivity contribution is 5.97. The zero-order valence-corrected chi connectivity index (χ0v) is 10.9. The van der Waals surface area contributed by atoms with E-state index in [1.165, 1.54) is 0 Å². The van der Waals surface area contributed by atoms with E-state index in [1.807, 2.05) is 30.3 Å². The molecule has 0 radical (unpaired) electrons. The number of carbonyl (C=O) groups excluding carboxylic acids is 1. The van der Waals surface area contributed by atoms with Crippen molar-refractivity contribution in [2.75, 3.05) is 24.6 Å². The molecule has 98 valence electrons. The Labute approximate surface area is 108 Å². The summed E-state index contributed by atoms with van der Waals surface area (Å²) in [7, 11) is 0. The quantitative estimate of drug-likeness (QED) is 0.821. The monoisotopic (exact) mass is 248 g/mol. The van der Waals surface area contributed by atoms with Crippen LogP contribution in [0.15, 0.2) is 30.3 Å². The lowest BCUT2D eigenvalue weighted by molar-refractivity contribution is -0.121. The summed E-state index contributed by atoms with van der Waals surface area (Å²) >= 11 is 0. The normalized spacial score (nSPS) is 23.8. The van der Waals surface area contributed by atoms with Gasteiger partial charge in [-0.1, -0.05) is 32.0 Å². The SMILES string of the molecule is CC1(C)CNC(CO)C(=O)N(c2ccccc2)C1. The molecule has 4 heteroatoms. The number of nitrogens with one attached hydrogen (secondary N) is 1. The van der Waals surface area contributed by atoms with Crippen LogP contribution in [-0.2, 0) is 4.79 Å². The lowest BCUT2D eigenvalue weighted by Crippen LogP contribution is -2.45. The lowest BCUT2D eigenvalue weighted by atomic mass is 9.93. The second-order valence-electron chi connectivity index (χ2n) is 5.54. The summed E-state index contributed by atoms with van der Waals surface area (Å²) in [4.78, 5) is 14.1. The number of benzene rings is 1. The molecule has 0 bridgehead atoms. The topological polar surface area (TPSA) is 52.6 Å². The van der Waals surface area contributed by atoms with Crippen LogP contribution < -0.4 is 10.2 Å². The minimum Gasteiger partial charge on any atom is -0.394 e. The molecule has 1 aromatic carbocycles. The standard InChI is InChI=1S/C14H20N2O2/c1-14(2)9-15-12(8-17)13(18)16(10-14)11-6-4-3-5-7-11/h3-7,12,15,17H,8-10H2,1-2H3. The Kier molecular flexibility index (Phi) is 3.68. The predicted octanol–water partition coefficient (Wildman–Crippen LogP) is 1.01. The summed E-state index contributed by atoms with van der Waals surface area (Å²) in [6.07, 6.45) is 0. The molecule has 1 heterocycles. The van der Waals surface area contributed by atoms with Crippen LogP contribution in [0.1, 0.15) is 13.8 Å². The third-order valence-electron chi connectivity index (χ3n) is 3.23. The fourth-order valence-electron chi connectivity index (χ4n) is 2.21. The number of para-hydroxylation sites is 1. The lowest BCUT2D eigenvalue weighted by Gasteiger charge is -2.29. The van der Waals surface area contributed by atoms with Gasteiger partial charge in [0.1, 0.15) is 6.04 Å². The van der Waals surface area contributed by atoms with Crippen LogP contribution in [0.3, 0.4) is 0 Å². The fraction of sp³-hybridized carbons (Fsp3) is 0.500. The number of aliphatic hydroxyl groups excluding tert-OH is 1. The summed E-state index contributed by atoms with van der Waals surface area (Å²) in [5.41, 5.74) is 0.868. The van der Waals surface area contributed by atoms with Crippen LogP contribution >= 0.6 is 0 Å². The van der Waals surface area contributed by atoms with Crippen molar-refractivity contribution in [2.24, 2.45) is 5.41 Å². The summed E-state index contributed by atoms with van der Waals surface area (Å²) in [5.74, 6) is -0.0609. The molecule has 2 N–H and O–H groups in total. The molecule has 1 fully saturated rings. The van der Waals surface area contributed by atoms with E-state index in [-0.39, 0.29) is 17.9 Å². The molecule has 1 saturated heterocycles. The Morgan fingerprint density at radius 3 is 2.67 bits per heavy atom. The smallest absolute Gasteiger partial charge is 0.246 e. The van der Waals surface area contributed by atoms with Crippen molar-refractivity contribution in [2.45, 2.75) is 19.9 Å². The van der Waals surface area contributed by atoms with Gasteiger partial charge in [0, 0.05) is 18.8 Å². The van der Waals surface area contributed by atoms with Gasteiger partial charge in [0.2, 0.25) is 5.91 Å². The summed E-state index contributed by atoms with van der Waals surface area (Å²) in [5, 5.41) is 12.4. The molecule has 1 amide bonds. The minimum atomic E-state index is -0.507. The van der Waals surface area contributed by atoms with Crippen LogP contribution in [0.4, 0.5) is 5.69 Å². The van der Waals surface area contributed by atoms with Gasteiger partial charge < -0.3 is 15.3 Å². The third kappa shape index (κ3) is 2.71. The van der Waals surface area contributed by atoms with Crippen LogP contribution in [0.5, 0.6) is 0 Å². The number of hydrogen-bond acceptors (Lipinski definition) is 3. The van der Waals surface area contributed by atoms with E-state index in [9.17, 15) is 9.90 Å². The number of nitrogens with zero attached hydrogens (tertiary/aromatic N) is 1. The van der Waals surface area contributed by atoms with Crippen molar-refractivity contribution < 1.29 is 9.90 Å². The molecule has 1 aliphatic rings. The Bertz CT molecular complexity index is 417. The van der Waals surface area contributed by atoms with Crippen molar-refractivity contribution >= 4 is 11.6 Å². The molecule has 1 aromatic rings. The van der Waals surface area contributed by atoms with Crippen LogP contribution in [0.25, 0.3) is 0 Å². The van der Waals surface area contributed by atoms with E-state index in [0.717, 1.165) is 5.69 Å². The van der Waals surface area contributed by atoms with Gasteiger partial charge in [-0.2, -0.15) is 0 Å². The Morgan fingerprint density at radius 2 is 2.06 bits per heavy atom. The molecule has 0 spiro atoms. The van der Waals surface area contributed by atoms with Crippen molar-refractivity contribution in [3.63, 3.8) is 0 Å². The second kappa shape index (κ2) is 5.08. The predicted molar refractivity (Wildman–Crippen MR) is 71.5 cm³/mol. The van der Waals surface area contributed by atoms with Gasteiger partial charge >= 0.3 is 0 Å². The first kappa shape index (κ1) is 13.1. The number of carbonyl (C=O) groups is 1. The van der Waals surface area contributed by atoms with Crippen molar-refractivity contribution in [3.8, 4) is 0 Å². The van der Waals surface area contributed by atoms with Crippen LogP contribution in [0.2, 0.25) is 0 Å². The van der Waals surface area contributed by atoms with Gasteiger partial charge in [-0.25, -0.2) is 0 Å². The summed E-state index contributed by atoms with van der Waals surface area (Å²) in [6.45, 7) is 5.43. The number of hydrogen-bond donors (Lipinski definition) is 2. The summed E-state index contributed by atoms with van der Waals surface area (Å²) in [6, 6.07) is 9.11. The van der Waals surface area contributed by atoms with Gasteiger partial charge in [-0.15, -0.1) is 0 Å². The first-order valence-electron chi connectivity index (χ1n) is 6.24. The molecule has 4 nitrogen and oxygen atoms in total. The molecule has 2 rings (SSSR count). The van der Waals surface area contributed by atoms with Crippen molar-refractivity contribution in [3.05, 3.63) is 30.3 Å². The Balaban J connectivity index is 2.32. The highest BCUT2D eigenvalue weighted by Gasteiger charge is 2.34. The maximum atomic E-state index is 12.4. The first-order valence-corrected chi connectivity index (χ1v) is 6.24. The van der Waals surface area contributed by atoms with E-state index >= 15 is 0 Å². The zero-order valence-electron chi connectivity index (χ0n) is 10.9. The molecule has 1 aliphatic heterocycles. The van der Waals surface area contributed by atoms with Gasteiger partial charge in [-0.3, -0.25) is 4.79 Å². The average molecular weight is 248 g/mol. The second-order valence-corrected chi connectivity index (χ2v) is 5.54. The van der Waals surface area contributed by atoms with E-state index in [0.29, 0.717) is 13.1 Å². The van der Waals surface area contributed by atoms with E-state index < -0.39 is 6.04 Å². The van der Waals surface area contributed by atoms with E-state index in [4.69, 9.17) is 0 Å². The molecule has 0 saturated carbocycles. The molecular formula is C14H20N2O2. The highest BCUT2D eigenvalue weighted by Crippen LogP contribution is 2.24. The fourth-order valence-corrected chi connectivity index (χ4v) is 2.21. The maximum Gasteiger partial charge on any atom is 0.246 e. The van der Waals surface area contributed by atoms with Crippen LogP contribution in [0, 0.1) is 5.41 Å². The average Bonchev–Trinajstić information content (AvgIpc) is 2.48. The van der Waals surface area contributed by atoms with E-state index in [2.05, 4.69) is 19.2 Å². The van der Waals surface area contributed by atoms with Crippen LogP contribution in [-0.4, -0.2) is 36.8 Å². The number of rotatable bonds is 2. The third-order valence-corrected chi connectivity index (χ3v) is 3.23. The van der Waals surface area contributed by atoms with Gasteiger partial charge in [0.15, 0.2) is 0 Å². The van der Waals surface area contributed by atoms with E-state index in [1.54, 1.807) is 4.90 Å². The number of anilines is 1. The molecule has 1 unspecified atom stereocenters. The Morgan fingerprint density at radius 1 is 1.39 bits per heavy atom. The highest BCUT2D eigenvalue weighted by atomic mass is 16.3. The molecule has 1 atom stereocenters. The first-order chi connectivity index (χ1) is 8.53. The molecule has 0 aromatic heterocycles. The maximum absolute atomic E-state index is 12.4. The van der Waals surface area contributed by atoms with Crippen molar-refractivity contribution in [1.29, 1.82) is 0 Å². The zero-order chi connectivity index (χ0) is 13.2. The van der Waals surface area contributed by atoms with Gasteiger partial charge in [0.25, 0.3) is 0 Å². The number of amides is 1. The molecule has 0 aliphatic carbocycles. The van der Waals surface area contributed by atoms with Gasteiger partial charge in [-0.05, 0) is 17.5 Å². The largest absolute Gasteiger partial charge is 0.394 e. The van der Waals surface area contributed by atoms with Gasteiger partial charge in [0.05, 0.1) is 6.61 Å². The summed E-state index contributed by atoms with van der Waals surface area (Å²) < 4.78 is 0. The number of aliphatic hydroxyl groups is 1. The molecular weight excluding hydrogens is 228 g/mol. The Hall–Kier alpha value is -1.39.